The fraction of sp³-hybridized carbons (Fsp3) is 0.208. The number of hydrogen-bond acceptors (Lipinski definition) is 6. The van der Waals surface area contributed by atoms with Crippen LogP contribution in [-0.4, -0.2) is 35.6 Å². The third-order valence-electron chi connectivity index (χ3n) is 5.19. The van der Waals surface area contributed by atoms with Gasteiger partial charge in [0.15, 0.2) is 17.5 Å². The molecule has 0 aliphatic carbocycles. The first-order valence-electron chi connectivity index (χ1n) is 9.93. The van der Waals surface area contributed by atoms with Crippen LogP contribution in [0.2, 0.25) is 0 Å². The van der Waals surface area contributed by atoms with Gasteiger partial charge in [0.25, 0.3) is 0 Å². The predicted octanol–water partition coefficient (Wildman–Crippen LogP) is 3.59. The van der Waals surface area contributed by atoms with E-state index in [4.69, 9.17) is 20.6 Å². The Labute approximate surface area is 190 Å². The van der Waals surface area contributed by atoms with E-state index >= 15 is 0 Å². The second-order valence-electron chi connectivity index (χ2n) is 7.29. The molecular formula is C24H22N4O3S. The number of aromatic nitrogens is 1. The van der Waals surface area contributed by atoms with Crippen LogP contribution in [0, 0.1) is 17.3 Å². The van der Waals surface area contributed by atoms with Gasteiger partial charge in [-0.15, -0.1) is 17.3 Å². The quantitative estimate of drug-likeness (QED) is 0.354. The van der Waals surface area contributed by atoms with Crippen LogP contribution in [0.25, 0.3) is 11.1 Å². The number of carbonyl (C=O) groups is 1. The monoisotopic (exact) mass is 446 g/mol. The largest absolute Gasteiger partial charge is 0.454 e. The molecule has 1 aliphatic heterocycles. The zero-order valence-corrected chi connectivity index (χ0v) is 18.5. The van der Waals surface area contributed by atoms with E-state index in [0.29, 0.717) is 17.9 Å². The van der Waals surface area contributed by atoms with E-state index in [1.807, 2.05) is 23.6 Å². The van der Waals surface area contributed by atoms with Crippen molar-refractivity contribution in [2.45, 2.75) is 19.3 Å². The molecule has 0 spiro atoms. The molecule has 3 heterocycles. The van der Waals surface area contributed by atoms with E-state index in [1.54, 1.807) is 36.7 Å². The summed E-state index contributed by atoms with van der Waals surface area (Å²) in [6.45, 7) is 1.95. The molecule has 32 heavy (non-hydrogen) atoms. The summed E-state index contributed by atoms with van der Waals surface area (Å²) in [6.07, 6.45) is 4.00. The van der Waals surface area contributed by atoms with E-state index in [2.05, 4.69) is 22.9 Å². The Hall–Kier alpha value is -3.83. The lowest BCUT2D eigenvalue weighted by molar-refractivity contribution is -0.128. The first kappa shape index (κ1) is 21.4. The second-order valence-corrected chi connectivity index (χ2v) is 8.29. The van der Waals surface area contributed by atoms with Gasteiger partial charge in [-0.25, -0.2) is 0 Å². The number of rotatable bonds is 5. The molecule has 2 aromatic heterocycles. The van der Waals surface area contributed by atoms with Gasteiger partial charge >= 0.3 is 0 Å². The number of carbonyl (C=O) groups excluding carboxylic acids is 1. The van der Waals surface area contributed by atoms with Crippen molar-refractivity contribution in [1.82, 2.24) is 9.88 Å². The number of nitrogens with zero attached hydrogens (tertiary/aromatic N) is 2. The summed E-state index contributed by atoms with van der Waals surface area (Å²) in [7, 11) is 1.51. The molecule has 1 unspecified atom stereocenters. The number of benzene rings is 1. The Kier molecular flexibility index (Phi) is 6.10. The molecule has 3 N–H and O–H groups in total. The average molecular weight is 447 g/mol. The number of fused-ring (bicyclic) bond motifs is 1. The summed E-state index contributed by atoms with van der Waals surface area (Å²) in [5, 5.41) is 9.73. The standard InChI is InChI=1S/C24H22N4O3S/c1-3-4-15-7-17(12-27-11-15)18-8-19(32-13-18)10-20(23(29)28(2)24(25)26)16-5-6-21-22(9-16)31-14-30-21/h5-9,11-13,20H,10,14H2,1-2H3,(H3,25,26). The number of likely N-dealkylation sites (N-methyl/N-ethyl adjacent to an activating group) is 1. The zero-order valence-electron chi connectivity index (χ0n) is 17.7. The highest BCUT2D eigenvalue weighted by molar-refractivity contribution is 7.10. The Morgan fingerprint density at radius 3 is 2.84 bits per heavy atom. The number of hydrogen-bond donors (Lipinski definition) is 2. The number of nitrogens with one attached hydrogen (secondary N) is 1. The topological polar surface area (TPSA) is 102 Å². The molecule has 0 saturated heterocycles. The fourth-order valence-corrected chi connectivity index (χ4v) is 4.42. The predicted molar refractivity (Wildman–Crippen MR) is 124 cm³/mol. The summed E-state index contributed by atoms with van der Waals surface area (Å²) in [6, 6.07) is 9.54. The van der Waals surface area contributed by atoms with Crippen LogP contribution in [-0.2, 0) is 11.2 Å². The molecule has 0 bridgehead atoms. The zero-order chi connectivity index (χ0) is 22.7. The maximum atomic E-state index is 13.2. The highest BCUT2D eigenvalue weighted by atomic mass is 32.1. The minimum absolute atomic E-state index is 0.161. The van der Waals surface area contributed by atoms with Crippen LogP contribution in [0.5, 0.6) is 11.5 Å². The van der Waals surface area contributed by atoms with Crippen LogP contribution in [0.4, 0.5) is 0 Å². The molecule has 1 atom stereocenters. The summed E-state index contributed by atoms with van der Waals surface area (Å²) in [4.78, 5) is 19.7. The maximum Gasteiger partial charge on any atom is 0.236 e. The van der Waals surface area contributed by atoms with Gasteiger partial charge in [0.2, 0.25) is 12.7 Å². The van der Waals surface area contributed by atoms with Gasteiger partial charge in [-0.05, 0) is 54.1 Å². The van der Waals surface area contributed by atoms with Crippen molar-refractivity contribution in [3.8, 4) is 34.5 Å². The summed E-state index contributed by atoms with van der Waals surface area (Å²) < 4.78 is 10.9. The lowest BCUT2D eigenvalue weighted by Gasteiger charge is -2.22. The van der Waals surface area contributed by atoms with Crippen molar-refractivity contribution in [3.63, 3.8) is 0 Å². The third kappa shape index (κ3) is 4.43. The van der Waals surface area contributed by atoms with E-state index < -0.39 is 5.92 Å². The van der Waals surface area contributed by atoms with Crippen molar-refractivity contribution >= 4 is 23.2 Å². The highest BCUT2D eigenvalue weighted by Crippen LogP contribution is 2.37. The van der Waals surface area contributed by atoms with Crippen LogP contribution in [0.15, 0.2) is 48.1 Å². The van der Waals surface area contributed by atoms with Gasteiger partial charge in [0, 0.05) is 35.4 Å². The van der Waals surface area contributed by atoms with E-state index in [1.165, 1.54) is 11.9 Å². The highest BCUT2D eigenvalue weighted by Gasteiger charge is 2.28. The number of guanidine groups is 1. The number of ether oxygens (including phenoxy) is 2. The number of pyridine rings is 1. The van der Waals surface area contributed by atoms with Gasteiger partial charge in [-0.3, -0.25) is 20.1 Å². The molecule has 3 aromatic rings. The Bertz CT molecular complexity index is 1240. The van der Waals surface area contributed by atoms with Crippen LogP contribution < -0.4 is 15.2 Å². The molecule has 0 radical (unpaired) electrons. The molecule has 8 heteroatoms. The average Bonchev–Trinajstić information content (AvgIpc) is 3.46. The Balaban J connectivity index is 1.64. The van der Waals surface area contributed by atoms with E-state index in [-0.39, 0.29) is 18.7 Å². The van der Waals surface area contributed by atoms with Crippen LogP contribution in [0.3, 0.4) is 0 Å². The smallest absolute Gasteiger partial charge is 0.236 e. The van der Waals surface area contributed by atoms with Crippen molar-refractivity contribution in [1.29, 1.82) is 5.41 Å². The lowest BCUT2D eigenvalue weighted by atomic mass is 9.92. The van der Waals surface area contributed by atoms with Gasteiger partial charge in [-0.1, -0.05) is 12.0 Å². The van der Waals surface area contributed by atoms with Crippen molar-refractivity contribution in [2.24, 2.45) is 5.73 Å². The molecule has 1 amide bonds. The van der Waals surface area contributed by atoms with Crippen molar-refractivity contribution in [2.75, 3.05) is 13.8 Å². The molecular weight excluding hydrogens is 424 g/mol. The molecule has 4 rings (SSSR count). The molecule has 7 nitrogen and oxygen atoms in total. The summed E-state index contributed by atoms with van der Waals surface area (Å²) >= 11 is 1.57. The van der Waals surface area contributed by atoms with Gasteiger partial charge in [-0.2, -0.15) is 0 Å². The SMILES string of the molecule is CC#Cc1cncc(-c2csc(CC(C(=O)N(C)C(=N)N)c3ccc4c(c3)OCO4)c2)c1. The van der Waals surface area contributed by atoms with Gasteiger partial charge in [0.05, 0.1) is 5.92 Å². The number of nitrogens with two attached hydrogens (primary N) is 1. The molecule has 1 aromatic carbocycles. The van der Waals surface area contributed by atoms with Crippen LogP contribution >= 0.6 is 11.3 Å². The number of thiophene rings is 1. The second kappa shape index (κ2) is 9.12. The molecule has 1 aliphatic rings. The minimum Gasteiger partial charge on any atom is -0.454 e. The molecule has 0 saturated carbocycles. The molecule has 0 fully saturated rings. The molecule has 162 valence electrons. The van der Waals surface area contributed by atoms with Gasteiger partial charge in [0.1, 0.15) is 0 Å². The Morgan fingerprint density at radius 2 is 2.06 bits per heavy atom. The number of amides is 1. The van der Waals surface area contributed by atoms with Crippen molar-refractivity contribution in [3.05, 3.63) is 64.1 Å². The lowest BCUT2D eigenvalue weighted by Crippen LogP contribution is -2.41. The summed E-state index contributed by atoms with van der Waals surface area (Å²) in [5.41, 5.74) is 9.22. The van der Waals surface area contributed by atoms with E-state index in [9.17, 15) is 4.79 Å². The Morgan fingerprint density at radius 1 is 1.25 bits per heavy atom. The fourth-order valence-electron chi connectivity index (χ4n) is 3.48. The van der Waals surface area contributed by atoms with Crippen LogP contribution in [0.1, 0.15) is 28.8 Å². The third-order valence-corrected chi connectivity index (χ3v) is 6.15. The minimum atomic E-state index is -0.527. The van der Waals surface area contributed by atoms with Crippen molar-refractivity contribution < 1.29 is 14.3 Å². The van der Waals surface area contributed by atoms with E-state index in [0.717, 1.165) is 27.1 Å². The maximum absolute atomic E-state index is 13.2. The van der Waals surface area contributed by atoms with Gasteiger partial charge < -0.3 is 15.2 Å². The first-order chi connectivity index (χ1) is 15.5. The normalized spacial score (nSPS) is 12.6. The summed E-state index contributed by atoms with van der Waals surface area (Å²) in [5.74, 6) is 6.09. The first-order valence-corrected chi connectivity index (χ1v) is 10.8.